The summed E-state index contributed by atoms with van der Waals surface area (Å²) in [4.78, 5) is 0. The highest BCUT2D eigenvalue weighted by Crippen LogP contribution is 2.45. The molecule has 0 radical (unpaired) electrons. The maximum Gasteiger partial charge on any atom is 0.121 e. The van der Waals surface area contributed by atoms with Gasteiger partial charge < -0.3 is 10.1 Å². The van der Waals surface area contributed by atoms with Crippen LogP contribution in [0.25, 0.3) is 0 Å². The minimum atomic E-state index is 0.225. The van der Waals surface area contributed by atoms with Crippen LogP contribution in [0.5, 0.6) is 0 Å². The molecule has 3 rings (SSSR count). The van der Waals surface area contributed by atoms with Crippen LogP contribution in [-0.4, -0.2) is 18.2 Å². The molecule has 1 saturated heterocycles. The lowest BCUT2D eigenvalue weighted by atomic mass is 9.90. The van der Waals surface area contributed by atoms with Crippen molar-refractivity contribution < 1.29 is 4.74 Å². The van der Waals surface area contributed by atoms with Gasteiger partial charge in [-0.3, -0.25) is 0 Å². The molecule has 2 fully saturated rings. The van der Waals surface area contributed by atoms with Crippen molar-refractivity contribution in [2.45, 2.75) is 44.2 Å². The lowest BCUT2D eigenvalue weighted by Gasteiger charge is -2.37. The molecule has 13 heavy (non-hydrogen) atoms. The summed E-state index contributed by atoms with van der Waals surface area (Å²) in [6.07, 6.45) is 7.25. The van der Waals surface area contributed by atoms with E-state index in [2.05, 4.69) is 18.3 Å². The van der Waals surface area contributed by atoms with Gasteiger partial charge in [0.1, 0.15) is 11.4 Å². The molecule has 0 aromatic rings. The van der Waals surface area contributed by atoms with Crippen LogP contribution in [0.1, 0.15) is 32.6 Å². The highest BCUT2D eigenvalue weighted by molar-refractivity contribution is 5.17. The molecule has 72 valence electrons. The zero-order valence-corrected chi connectivity index (χ0v) is 8.18. The smallest absolute Gasteiger partial charge is 0.121 e. The van der Waals surface area contributed by atoms with Gasteiger partial charge in [-0.05, 0) is 37.7 Å². The van der Waals surface area contributed by atoms with Crippen molar-refractivity contribution in [1.29, 1.82) is 0 Å². The van der Waals surface area contributed by atoms with Crippen LogP contribution in [0, 0.1) is 5.92 Å². The molecule has 1 saturated carbocycles. The second kappa shape index (κ2) is 2.50. The Morgan fingerprint density at radius 2 is 2.38 bits per heavy atom. The summed E-state index contributed by atoms with van der Waals surface area (Å²) in [6.45, 7) is 3.39. The van der Waals surface area contributed by atoms with Gasteiger partial charge in [0.15, 0.2) is 0 Å². The van der Waals surface area contributed by atoms with Gasteiger partial charge in [0.25, 0.3) is 0 Å². The Hall–Kier alpha value is -0.500. The molecule has 2 aliphatic carbocycles. The second-order valence-corrected chi connectivity index (χ2v) is 4.90. The van der Waals surface area contributed by atoms with Gasteiger partial charge in [-0.25, -0.2) is 0 Å². The van der Waals surface area contributed by atoms with Crippen molar-refractivity contribution in [3.05, 3.63) is 11.8 Å². The molecule has 1 aliphatic heterocycles. The van der Waals surface area contributed by atoms with E-state index in [1.54, 1.807) is 0 Å². The van der Waals surface area contributed by atoms with E-state index in [9.17, 15) is 0 Å². The van der Waals surface area contributed by atoms with Crippen LogP contribution in [0.3, 0.4) is 0 Å². The third-order valence-corrected chi connectivity index (χ3v) is 3.52. The quantitative estimate of drug-likeness (QED) is 0.612. The number of morpholine rings is 1. The second-order valence-electron chi connectivity index (χ2n) is 4.90. The molecule has 2 unspecified atom stereocenters. The standard InChI is InChI=1S/C11H17NO/c1-8-2-3-10-9(6-8)12-7-11(13-10)4-5-11/h3,8-9,12H,2,4-7H2,1H3. The summed E-state index contributed by atoms with van der Waals surface area (Å²) in [7, 11) is 0. The van der Waals surface area contributed by atoms with Crippen LogP contribution in [-0.2, 0) is 4.74 Å². The summed E-state index contributed by atoms with van der Waals surface area (Å²) in [5, 5.41) is 3.61. The predicted molar refractivity (Wildman–Crippen MR) is 51.3 cm³/mol. The van der Waals surface area contributed by atoms with E-state index < -0.39 is 0 Å². The summed E-state index contributed by atoms with van der Waals surface area (Å²) in [5.74, 6) is 2.06. The Morgan fingerprint density at radius 1 is 1.54 bits per heavy atom. The Kier molecular flexibility index (Phi) is 1.51. The van der Waals surface area contributed by atoms with Gasteiger partial charge >= 0.3 is 0 Å². The number of allylic oxidation sites excluding steroid dienone is 1. The van der Waals surface area contributed by atoms with Crippen molar-refractivity contribution in [1.82, 2.24) is 5.32 Å². The zero-order chi connectivity index (χ0) is 8.89. The summed E-state index contributed by atoms with van der Waals surface area (Å²) >= 11 is 0. The average molecular weight is 179 g/mol. The zero-order valence-electron chi connectivity index (χ0n) is 8.18. The van der Waals surface area contributed by atoms with E-state index in [0.29, 0.717) is 6.04 Å². The number of rotatable bonds is 0. The first-order chi connectivity index (χ1) is 6.27. The molecule has 0 aromatic carbocycles. The van der Waals surface area contributed by atoms with Gasteiger partial charge in [-0.15, -0.1) is 0 Å². The van der Waals surface area contributed by atoms with Crippen molar-refractivity contribution in [3.8, 4) is 0 Å². The van der Waals surface area contributed by atoms with Crippen LogP contribution in [0.15, 0.2) is 11.8 Å². The lowest BCUT2D eigenvalue weighted by molar-refractivity contribution is 0.0342. The van der Waals surface area contributed by atoms with Crippen LogP contribution in [0.2, 0.25) is 0 Å². The van der Waals surface area contributed by atoms with E-state index in [4.69, 9.17) is 4.74 Å². The topological polar surface area (TPSA) is 21.3 Å². The molecule has 3 aliphatic rings. The molecular formula is C11H17NO. The maximum absolute atomic E-state index is 6.04. The minimum Gasteiger partial charge on any atom is -0.489 e. The Morgan fingerprint density at radius 3 is 3.15 bits per heavy atom. The molecule has 1 spiro atoms. The average Bonchev–Trinajstić information content (AvgIpc) is 2.87. The number of ether oxygens (including phenoxy) is 1. The fraction of sp³-hybridized carbons (Fsp3) is 0.818. The van der Waals surface area contributed by atoms with E-state index in [0.717, 1.165) is 12.5 Å². The van der Waals surface area contributed by atoms with Crippen molar-refractivity contribution in [2.75, 3.05) is 6.54 Å². The minimum absolute atomic E-state index is 0.225. The number of hydrogen-bond acceptors (Lipinski definition) is 2. The van der Waals surface area contributed by atoms with Gasteiger partial charge in [0.2, 0.25) is 0 Å². The Bertz CT molecular complexity index is 255. The first-order valence-corrected chi connectivity index (χ1v) is 5.40. The number of fused-ring (bicyclic) bond motifs is 1. The van der Waals surface area contributed by atoms with E-state index in [1.165, 1.54) is 31.4 Å². The fourth-order valence-electron chi connectivity index (χ4n) is 2.38. The normalized spacial score (nSPS) is 40.5. The first-order valence-electron chi connectivity index (χ1n) is 5.40. The van der Waals surface area contributed by atoms with E-state index in [-0.39, 0.29) is 5.60 Å². The third kappa shape index (κ3) is 1.28. The van der Waals surface area contributed by atoms with Crippen molar-refractivity contribution >= 4 is 0 Å². The molecule has 2 heteroatoms. The summed E-state index contributed by atoms with van der Waals surface area (Å²) < 4.78 is 6.04. The number of hydrogen-bond donors (Lipinski definition) is 1. The Balaban J connectivity index is 1.79. The highest BCUT2D eigenvalue weighted by atomic mass is 16.5. The number of nitrogens with one attached hydrogen (secondary N) is 1. The third-order valence-electron chi connectivity index (χ3n) is 3.52. The fourth-order valence-corrected chi connectivity index (χ4v) is 2.38. The van der Waals surface area contributed by atoms with E-state index in [1.807, 2.05) is 0 Å². The molecule has 1 heterocycles. The molecule has 2 nitrogen and oxygen atoms in total. The molecular weight excluding hydrogens is 162 g/mol. The maximum atomic E-state index is 6.04. The van der Waals surface area contributed by atoms with Crippen molar-refractivity contribution in [3.63, 3.8) is 0 Å². The monoisotopic (exact) mass is 179 g/mol. The van der Waals surface area contributed by atoms with Gasteiger partial charge in [0.05, 0.1) is 6.04 Å². The molecule has 0 bridgehead atoms. The van der Waals surface area contributed by atoms with Crippen LogP contribution in [0.4, 0.5) is 0 Å². The first kappa shape index (κ1) is 7.86. The lowest BCUT2D eigenvalue weighted by Crippen LogP contribution is -2.47. The largest absolute Gasteiger partial charge is 0.489 e. The van der Waals surface area contributed by atoms with Gasteiger partial charge in [-0.2, -0.15) is 0 Å². The van der Waals surface area contributed by atoms with Crippen LogP contribution < -0.4 is 5.32 Å². The predicted octanol–water partition coefficient (Wildman–Crippen LogP) is 1.82. The van der Waals surface area contributed by atoms with Crippen LogP contribution >= 0.6 is 0 Å². The van der Waals surface area contributed by atoms with Gasteiger partial charge in [-0.1, -0.05) is 6.92 Å². The molecule has 0 amide bonds. The van der Waals surface area contributed by atoms with Crippen molar-refractivity contribution in [2.24, 2.45) is 5.92 Å². The molecule has 1 N–H and O–H groups in total. The summed E-state index contributed by atoms with van der Waals surface area (Å²) in [6, 6.07) is 0.523. The molecule has 0 aromatic heterocycles. The highest BCUT2D eigenvalue weighted by Gasteiger charge is 2.49. The van der Waals surface area contributed by atoms with Gasteiger partial charge in [0, 0.05) is 6.54 Å². The Labute approximate surface area is 79.3 Å². The summed E-state index contributed by atoms with van der Waals surface area (Å²) in [5.41, 5.74) is 0.225. The van der Waals surface area contributed by atoms with E-state index >= 15 is 0 Å². The SMILES string of the molecule is CC1CC=C2OC3(CC3)CNC2C1. The molecule has 2 atom stereocenters.